The number of fused-ring (bicyclic) bond motifs is 1. The van der Waals surface area contributed by atoms with E-state index in [4.69, 9.17) is 4.74 Å². The summed E-state index contributed by atoms with van der Waals surface area (Å²) in [6, 6.07) is 8.86. The Morgan fingerprint density at radius 2 is 2.05 bits per heavy atom. The SMILES string of the molecule is COC(=O)c1cccc2nc(CNC(C)=O)ccc12. The summed E-state index contributed by atoms with van der Waals surface area (Å²) in [4.78, 5) is 26.9. The van der Waals surface area contributed by atoms with Gasteiger partial charge in [-0.05, 0) is 18.2 Å². The van der Waals surface area contributed by atoms with Gasteiger partial charge >= 0.3 is 5.97 Å². The summed E-state index contributed by atoms with van der Waals surface area (Å²) in [5.74, 6) is -0.493. The first-order chi connectivity index (χ1) is 9.11. The molecule has 0 aliphatic carbocycles. The molecule has 0 spiro atoms. The number of amides is 1. The molecule has 0 unspecified atom stereocenters. The van der Waals surface area contributed by atoms with Gasteiger partial charge in [0.05, 0.1) is 30.4 Å². The van der Waals surface area contributed by atoms with Gasteiger partial charge in [-0.2, -0.15) is 0 Å². The van der Waals surface area contributed by atoms with Gasteiger partial charge in [0, 0.05) is 12.3 Å². The van der Waals surface area contributed by atoms with Gasteiger partial charge in [0.25, 0.3) is 0 Å². The van der Waals surface area contributed by atoms with Crippen molar-refractivity contribution in [1.29, 1.82) is 0 Å². The zero-order chi connectivity index (χ0) is 13.8. The molecule has 0 radical (unpaired) electrons. The van der Waals surface area contributed by atoms with E-state index in [1.54, 1.807) is 18.2 Å². The van der Waals surface area contributed by atoms with Crippen LogP contribution in [0.3, 0.4) is 0 Å². The molecule has 1 aromatic carbocycles. The number of nitrogens with zero attached hydrogens (tertiary/aromatic N) is 1. The van der Waals surface area contributed by atoms with Crippen molar-refractivity contribution in [2.45, 2.75) is 13.5 Å². The number of hydrogen-bond acceptors (Lipinski definition) is 4. The number of rotatable bonds is 3. The van der Waals surface area contributed by atoms with Crippen molar-refractivity contribution in [2.75, 3.05) is 7.11 Å². The van der Waals surface area contributed by atoms with Crippen LogP contribution in [0.5, 0.6) is 0 Å². The molecule has 0 bridgehead atoms. The molecule has 98 valence electrons. The molecule has 0 fully saturated rings. The number of ether oxygens (including phenoxy) is 1. The summed E-state index contributed by atoms with van der Waals surface area (Å²) in [6.45, 7) is 1.82. The highest BCUT2D eigenvalue weighted by Crippen LogP contribution is 2.18. The van der Waals surface area contributed by atoms with E-state index in [9.17, 15) is 9.59 Å². The van der Waals surface area contributed by atoms with Gasteiger partial charge in [0.1, 0.15) is 0 Å². The molecule has 1 aromatic heterocycles. The van der Waals surface area contributed by atoms with Crippen LogP contribution in [-0.2, 0) is 16.1 Å². The van der Waals surface area contributed by atoms with Crippen molar-refractivity contribution in [3.63, 3.8) is 0 Å². The second-order valence-corrected chi connectivity index (χ2v) is 4.08. The number of pyridine rings is 1. The zero-order valence-corrected chi connectivity index (χ0v) is 10.8. The third-order valence-electron chi connectivity index (χ3n) is 2.71. The third-order valence-corrected chi connectivity index (χ3v) is 2.71. The van der Waals surface area contributed by atoms with E-state index in [2.05, 4.69) is 10.3 Å². The van der Waals surface area contributed by atoms with E-state index in [-0.39, 0.29) is 11.9 Å². The molecule has 0 aliphatic rings. The van der Waals surface area contributed by atoms with E-state index >= 15 is 0 Å². The maximum atomic E-state index is 11.6. The van der Waals surface area contributed by atoms with Crippen LogP contribution in [0.15, 0.2) is 30.3 Å². The van der Waals surface area contributed by atoms with Crippen molar-refractivity contribution in [2.24, 2.45) is 0 Å². The Hall–Kier alpha value is -2.43. The second-order valence-electron chi connectivity index (χ2n) is 4.08. The van der Waals surface area contributed by atoms with Crippen molar-refractivity contribution < 1.29 is 14.3 Å². The van der Waals surface area contributed by atoms with Gasteiger partial charge in [-0.1, -0.05) is 12.1 Å². The highest BCUT2D eigenvalue weighted by molar-refractivity contribution is 6.03. The number of benzene rings is 1. The summed E-state index contributed by atoms with van der Waals surface area (Å²) >= 11 is 0. The number of carbonyl (C=O) groups is 2. The van der Waals surface area contributed by atoms with Gasteiger partial charge in [0.2, 0.25) is 5.91 Å². The highest BCUT2D eigenvalue weighted by atomic mass is 16.5. The molecule has 1 heterocycles. The lowest BCUT2D eigenvalue weighted by atomic mass is 10.1. The van der Waals surface area contributed by atoms with Crippen LogP contribution in [-0.4, -0.2) is 24.0 Å². The first-order valence-corrected chi connectivity index (χ1v) is 5.83. The Kier molecular flexibility index (Phi) is 3.75. The van der Waals surface area contributed by atoms with Crippen LogP contribution in [0.1, 0.15) is 23.0 Å². The maximum absolute atomic E-state index is 11.6. The molecular weight excluding hydrogens is 244 g/mol. The molecule has 0 atom stereocenters. The maximum Gasteiger partial charge on any atom is 0.338 e. The van der Waals surface area contributed by atoms with E-state index in [1.807, 2.05) is 12.1 Å². The fourth-order valence-corrected chi connectivity index (χ4v) is 1.80. The number of hydrogen-bond donors (Lipinski definition) is 1. The van der Waals surface area contributed by atoms with E-state index in [0.717, 1.165) is 11.1 Å². The third kappa shape index (κ3) is 2.88. The summed E-state index contributed by atoms with van der Waals surface area (Å²) in [5.41, 5.74) is 1.93. The minimum absolute atomic E-state index is 0.106. The molecule has 5 nitrogen and oxygen atoms in total. The Balaban J connectivity index is 2.39. The lowest BCUT2D eigenvalue weighted by molar-refractivity contribution is -0.119. The van der Waals surface area contributed by atoms with Crippen LogP contribution in [0.4, 0.5) is 0 Å². The van der Waals surface area contributed by atoms with Crippen LogP contribution in [0.25, 0.3) is 10.9 Å². The van der Waals surface area contributed by atoms with E-state index in [0.29, 0.717) is 17.6 Å². The average Bonchev–Trinajstić information content (AvgIpc) is 2.43. The van der Waals surface area contributed by atoms with Crippen LogP contribution < -0.4 is 5.32 Å². The van der Waals surface area contributed by atoms with Crippen LogP contribution in [0.2, 0.25) is 0 Å². The van der Waals surface area contributed by atoms with Crippen molar-refractivity contribution >= 4 is 22.8 Å². The normalized spacial score (nSPS) is 10.2. The lowest BCUT2D eigenvalue weighted by Gasteiger charge is -2.06. The van der Waals surface area contributed by atoms with Crippen molar-refractivity contribution in [3.8, 4) is 0 Å². The topological polar surface area (TPSA) is 68.3 Å². The quantitative estimate of drug-likeness (QED) is 0.850. The summed E-state index contributed by atoms with van der Waals surface area (Å²) in [6.07, 6.45) is 0. The van der Waals surface area contributed by atoms with Crippen molar-refractivity contribution in [1.82, 2.24) is 10.3 Å². The molecule has 2 aromatic rings. The van der Waals surface area contributed by atoms with E-state index in [1.165, 1.54) is 14.0 Å². The minimum Gasteiger partial charge on any atom is -0.465 e. The van der Waals surface area contributed by atoms with Crippen LogP contribution in [0, 0.1) is 0 Å². The first kappa shape index (κ1) is 13.0. The summed E-state index contributed by atoms with van der Waals surface area (Å²) in [5, 5.41) is 3.42. The molecule has 1 N–H and O–H groups in total. The number of esters is 1. The molecule has 0 saturated heterocycles. The second kappa shape index (κ2) is 5.48. The average molecular weight is 258 g/mol. The predicted molar refractivity (Wildman–Crippen MR) is 70.6 cm³/mol. The van der Waals surface area contributed by atoms with Crippen LogP contribution >= 0.6 is 0 Å². The minimum atomic E-state index is -0.387. The standard InChI is InChI=1S/C14H14N2O3/c1-9(17)15-8-10-6-7-11-12(14(18)19-2)4-3-5-13(11)16-10/h3-7H,8H2,1-2H3,(H,15,17). The molecule has 0 aliphatic heterocycles. The predicted octanol–water partition coefficient (Wildman–Crippen LogP) is 1.66. The van der Waals surface area contributed by atoms with Crippen molar-refractivity contribution in [3.05, 3.63) is 41.6 Å². The highest BCUT2D eigenvalue weighted by Gasteiger charge is 2.10. The zero-order valence-electron chi connectivity index (χ0n) is 10.8. The molecule has 2 rings (SSSR count). The molecule has 5 heteroatoms. The number of nitrogens with one attached hydrogen (secondary N) is 1. The Bertz CT molecular complexity index is 638. The summed E-state index contributed by atoms with van der Waals surface area (Å²) < 4.78 is 4.73. The molecule has 19 heavy (non-hydrogen) atoms. The van der Waals surface area contributed by atoms with Gasteiger partial charge in [-0.25, -0.2) is 4.79 Å². The summed E-state index contributed by atoms with van der Waals surface area (Å²) in [7, 11) is 1.35. The number of carbonyl (C=O) groups excluding carboxylic acids is 2. The monoisotopic (exact) mass is 258 g/mol. The smallest absolute Gasteiger partial charge is 0.338 e. The molecular formula is C14H14N2O3. The fourth-order valence-electron chi connectivity index (χ4n) is 1.80. The number of methoxy groups -OCH3 is 1. The molecule has 0 saturated carbocycles. The van der Waals surface area contributed by atoms with Gasteiger partial charge < -0.3 is 10.1 Å². The Morgan fingerprint density at radius 1 is 1.26 bits per heavy atom. The Morgan fingerprint density at radius 3 is 2.74 bits per heavy atom. The van der Waals surface area contributed by atoms with Gasteiger partial charge in [0.15, 0.2) is 0 Å². The Labute approximate surface area is 110 Å². The first-order valence-electron chi connectivity index (χ1n) is 5.83. The molecule has 1 amide bonds. The number of aromatic nitrogens is 1. The van der Waals surface area contributed by atoms with E-state index < -0.39 is 0 Å². The van der Waals surface area contributed by atoms with Gasteiger partial charge in [-0.15, -0.1) is 0 Å². The largest absolute Gasteiger partial charge is 0.465 e. The van der Waals surface area contributed by atoms with Gasteiger partial charge in [-0.3, -0.25) is 9.78 Å². The fraction of sp³-hybridized carbons (Fsp3) is 0.214. The lowest BCUT2D eigenvalue weighted by Crippen LogP contribution is -2.19.